The Bertz CT molecular complexity index is 1120. The molecule has 0 fully saturated rings. The number of aromatic nitrogens is 3. The number of halogens is 1. The lowest BCUT2D eigenvalue weighted by Gasteiger charge is -2.32. The molecule has 0 N–H and O–H groups in total. The number of benzene rings is 1. The normalized spacial score (nSPS) is 15.0. The maximum atomic E-state index is 13.3. The van der Waals surface area contributed by atoms with Crippen molar-refractivity contribution in [1.29, 1.82) is 0 Å². The van der Waals surface area contributed by atoms with Gasteiger partial charge in [0.15, 0.2) is 0 Å². The van der Waals surface area contributed by atoms with E-state index in [-0.39, 0.29) is 17.1 Å². The van der Waals surface area contributed by atoms with Crippen LogP contribution in [-0.2, 0) is 23.3 Å². The molecule has 164 valence electrons. The van der Waals surface area contributed by atoms with Gasteiger partial charge in [0.05, 0.1) is 19.8 Å². The number of nitrogens with zero attached hydrogens (tertiary/aromatic N) is 3. The third kappa shape index (κ3) is 4.55. The first-order valence-corrected chi connectivity index (χ1v) is 11.3. The third-order valence-corrected chi connectivity index (χ3v) is 6.24. The summed E-state index contributed by atoms with van der Waals surface area (Å²) in [6, 6.07) is 6.42. The lowest BCUT2D eigenvalue weighted by Crippen LogP contribution is -2.41. The molecule has 0 saturated heterocycles. The van der Waals surface area contributed by atoms with Crippen LogP contribution in [0.4, 0.5) is 4.39 Å². The molecular weight excluding hydrogens is 417 g/mol. The highest BCUT2D eigenvalue weighted by atomic mass is 32.1. The van der Waals surface area contributed by atoms with Crippen molar-refractivity contribution in [2.75, 3.05) is 13.2 Å². The van der Waals surface area contributed by atoms with E-state index in [2.05, 4.69) is 11.9 Å². The Hall–Kier alpha value is -2.58. The van der Waals surface area contributed by atoms with E-state index in [0.717, 1.165) is 23.3 Å². The second-order valence-electron chi connectivity index (χ2n) is 8.07. The molecule has 0 saturated carbocycles. The second-order valence-corrected chi connectivity index (χ2v) is 9.18. The summed E-state index contributed by atoms with van der Waals surface area (Å²) in [6.07, 6.45) is 4.22. The van der Waals surface area contributed by atoms with Gasteiger partial charge >= 0.3 is 0 Å². The summed E-state index contributed by atoms with van der Waals surface area (Å²) in [7, 11) is 0. The molecule has 8 heteroatoms. The van der Waals surface area contributed by atoms with Crippen molar-refractivity contribution < 1.29 is 13.9 Å². The van der Waals surface area contributed by atoms with Crippen LogP contribution in [0.5, 0.6) is 5.75 Å². The van der Waals surface area contributed by atoms with Crippen molar-refractivity contribution in [2.45, 2.75) is 52.2 Å². The molecule has 0 amide bonds. The number of fused-ring (bicyclic) bond motifs is 1. The van der Waals surface area contributed by atoms with Crippen LogP contribution in [0.15, 0.2) is 35.3 Å². The molecule has 0 unspecified atom stereocenters. The van der Waals surface area contributed by atoms with Crippen LogP contribution in [0.25, 0.3) is 10.7 Å². The molecule has 0 radical (unpaired) electrons. The van der Waals surface area contributed by atoms with Crippen molar-refractivity contribution in [1.82, 2.24) is 14.5 Å². The Morgan fingerprint density at radius 3 is 2.81 bits per heavy atom. The molecule has 1 aromatic carbocycles. The molecule has 0 bridgehead atoms. The van der Waals surface area contributed by atoms with Gasteiger partial charge in [0, 0.05) is 17.5 Å². The first-order valence-electron chi connectivity index (χ1n) is 10.5. The standard InChI is InChI=1S/C23H26FN3O3S/c1-4-5-11-29-19-18(26-22-23(2,3)30-12-10-27(22)21(19)28)20-25-14-17(31-20)13-15-6-8-16(24)9-7-15/h6-9,14H,4-5,10-13H2,1-3H3. The molecule has 1 aliphatic rings. The molecule has 4 rings (SSSR count). The SMILES string of the molecule is CCCCOc1c(-c2ncc(Cc3ccc(F)cc3)s2)nc2n(c1=O)CCOC2(C)C. The number of thiazole rings is 1. The van der Waals surface area contributed by atoms with Gasteiger partial charge in [-0.1, -0.05) is 25.5 Å². The maximum Gasteiger partial charge on any atom is 0.296 e. The van der Waals surface area contributed by atoms with E-state index in [1.807, 2.05) is 13.8 Å². The molecular formula is C23H26FN3O3S. The van der Waals surface area contributed by atoms with E-state index >= 15 is 0 Å². The average Bonchev–Trinajstić information content (AvgIpc) is 3.20. The smallest absolute Gasteiger partial charge is 0.296 e. The number of hydrogen-bond acceptors (Lipinski definition) is 6. The van der Waals surface area contributed by atoms with E-state index < -0.39 is 5.60 Å². The average molecular weight is 444 g/mol. The predicted octanol–water partition coefficient (Wildman–Crippen LogP) is 4.54. The number of rotatable bonds is 7. The summed E-state index contributed by atoms with van der Waals surface area (Å²) in [5.41, 5.74) is 0.579. The molecule has 31 heavy (non-hydrogen) atoms. The maximum absolute atomic E-state index is 13.3. The van der Waals surface area contributed by atoms with Gasteiger partial charge < -0.3 is 9.47 Å². The van der Waals surface area contributed by atoms with E-state index in [1.54, 1.807) is 22.9 Å². The van der Waals surface area contributed by atoms with Crippen molar-refractivity contribution in [3.05, 3.63) is 62.9 Å². The van der Waals surface area contributed by atoms with Gasteiger partial charge in [-0.3, -0.25) is 9.36 Å². The highest BCUT2D eigenvalue weighted by Crippen LogP contribution is 2.34. The van der Waals surface area contributed by atoms with Crippen LogP contribution in [0, 0.1) is 5.82 Å². The van der Waals surface area contributed by atoms with Crippen molar-refractivity contribution in [3.8, 4) is 16.5 Å². The largest absolute Gasteiger partial charge is 0.486 e. The lowest BCUT2D eigenvalue weighted by molar-refractivity contribution is -0.0564. The monoisotopic (exact) mass is 443 g/mol. The zero-order valence-electron chi connectivity index (χ0n) is 18.0. The summed E-state index contributed by atoms with van der Waals surface area (Å²) in [4.78, 5) is 23.7. The Labute approximate surface area is 184 Å². The molecule has 2 aromatic heterocycles. The fraction of sp³-hybridized carbons (Fsp3) is 0.435. The summed E-state index contributed by atoms with van der Waals surface area (Å²) >= 11 is 1.46. The predicted molar refractivity (Wildman–Crippen MR) is 118 cm³/mol. The number of hydrogen-bond donors (Lipinski definition) is 0. The van der Waals surface area contributed by atoms with Crippen molar-refractivity contribution in [3.63, 3.8) is 0 Å². The Morgan fingerprint density at radius 1 is 1.29 bits per heavy atom. The van der Waals surface area contributed by atoms with Crippen LogP contribution < -0.4 is 10.3 Å². The molecule has 3 aromatic rings. The molecule has 0 spiro atoms. The van der Waals surface area contributed by atoms with Gasteiger partial charge in [-0.25, -0.2) is 14.4 Å². The minimum Gasteiger partial charge on any atom is -0.486 e. The van der Waals surface area contributed by atoms with Crippen LogP contribution in [-0.4, -0.2) is 27.7 Å². The van der Waals surface area contributed by atoms with Gasteiger partial charge in [0.1, 0.15) is 27.9 Å². The van der Waals surface area contributed by atoms with Gasteiger partial charge in [-0.15, -0.1) is 11.3 Å². The van der Waals surface area contributed by atoms with Crippen molar-refractivity contribution in [2.24, 2.45) is 0 Å². The number of ether oxygens (including phenoxy) is 2. The van der Waals surface area contributed by atoms with E-state index in [1.165, 1.54) is 23.5 Å². The Balaban J connectivity index is 1.74. The van der Waals surface area contributed by atoms with Gasteiger partial charge in [-0.05, 0) is 38.0 Å². The van der Waals surface area contributed by atoms with E-state index in [0.29, 0.717) is 42.7 Å². The summed E-state index contributed by atoms with van der Waals surface area (Å²) < 4.78 is 26.6. The summed E-state index contributed by atoms with van der Waals surface area (Å²) in [5.74, 6) is 0.570. The van der Waals surface area contributed by atoms with Gasteiger partial charge in [0.25, 0.3) is 5.56 Å². The summed E-state index contributed by atoms with van der Waals surface area (Å²) in [6.45, 7) is 7.25. The van der Waals surface area contributed by atoms with E-state index in [9.17, 15) is 9.18 Å². The Morgan fingerprint density at radius 2 is 2.06 bits per heavy atom. The van der Waals surface area contributed by atoms with Crippen LogP contribution in [0.3, 0.4) is 0 Å². The van der Waals surface area contributed by atoms with Gasteiger partial charge in [-0.2, -0.15) is 0 Å². The highest BCUT2D eigenvalue weighted by Gasteiger charge is 2.34. The summed E-state index contributed by atoms with van der Waals surface area (Å²) in [5, 5.41) is 0.630. The highest BCUT2D eigenvalue weighted by molar-refractivity contribution is 7.15. The topological polar surface area (TPSA) is 66.2 Å². The van der Waals surface area contributed by atoms with Crippen LogP contribution >= 0.6 is 11.3 Å². The first kappa shape index (κ1) is 21.6. The Kier molecular flexibility index (Phi) is 6.20. The second kappa shape index (κ2) is 8.88. The molecule has 0 aliphatic carbocycles. The fourth-order valence-electron chi connectivity index (χ4n) is 3.56. The fourth-order valence-corrected chi connectivity index (χ4v) is 4.49. The molecule has 0 atom stereocenters. The molecule has 3 heterocycles. The van der Waals surface area contributed by atoms with Crippen molar-refractivity contribution >= 4 is 11.3 Å². The molecule has 6 nitrogen and oxygen atoms in total. The molecule has 1 aliphatic heterocycles. The minimum absolute atomic E-state index is 0.192. The third-order valence-electron chi connectivity index (χ3n) is 5.24. The lowest BCUT2D eigenvalue weighted by atomic mass is 10.1. The quantitative estimate of drug-likeness (QED) is 0.502. The number of unbranched alkanes of at least 4 members (excludes halogenated alkanes) is 1. The van der Waals surface area contributed by atoms with E-state index in [4.69, 9.17) is 14.5 Å². The van der Waals surface area contributed by atoms with Crippen LogP contribution in [0.2, 0.25) is 0 Å². The zero-order valence-corrected chi connectivity index (χ0v) is 18.8. The van der Waals surface area contributed by atoms with Crippen LogP contribution in [0.1, 0.15) is 49.9 Å². The first-order chi connectivity index (χ1) is 14.9. The minimum atomic E-state index is -0.678. The van der Waals surface area contributed by atoms with Gasteiger partial charge in [0.2, 0.25) is 5.75 Å². The zero-order chi connectivity index (χ0) is 22.0.